The molecule has 84 valence electrons. The van der Waals surface area contributed by atoms with Crippen molar-refractivity contribution in [3.8, 4) is 0 Å². The van der Waals surface area contributed by atoms with E-state index in [1.165, 1.54) is 10.9 Å². The van der Waals surface area contributed by atoms with Crippen molar-refractivity contribution in [2.45, 2.75) is 25.8 Å². The first-order valence-electron chi connectivity index (χ1n) is 5.63. The molecule has 0 saturated carbocycles. The van der Waals surface area contributed by atoms with E-state index in [9.17, 15) is 0 Å². The molecule has 0 aliphatic rings. The second-order valence-corrected chi connectivity index (χ2v) is 4.84. The summed E-state index contributed by atoms with van der Waals surface area (Å²) in [4.78, 5) is 4.38. The molecule has 0 fully saturated rings. The third kappa shape index (κ3) is 2.39. The molecule has 0 aliphatic heterocycles. The third-order valence-electron chi connectivity index (χ3n) is 2.99. The SMILES string of the molecule is CNC(C)(C)Cc1ccc2cccnc2c1. The predicted molar refractivity (Wildman–Crippen MR) is 68.6 cm³/mol. The van der Waals surface area contributed by atoms with Crippen LogP contribution in [0.1, 0.15) is 19.4 Å². The van der Waals surface area contributed by atoms with Gasteiger partial charge in [0.05, 0.1) is 5.52 Å². The fourth-order valence-corrected chi connectivity index (χ4v) is 1.82. The fourth-order valence-electron chi connectivity index (χ4n) is 1.82. The summed E-state index contributed by atoms with van der Waals surface area (Å²) in [6, 6.07) is 10.6. The molecule has 2 aromatic rings. The van der Waals surface area contributed by atoms with E-state index in [4.69, 9.17) is 0 Å². The van der Waals surface area contributed by atoms with Gasteiger partial charge in [-0.3, -0.25) is 4.98 Å². The summed E-state index contributed by atoms with van der Waals surface area (Å²) in [5.74, 6) is 0. The van der Waals surface area contributed by atoms with E-state index in [-0.39, 0.29) is 5.54 Å². The van der Waals surface area contributed by atoms with Crippen molar-refractivity contribution < 1.29 is 0 Å². The van der Waals surface area contributed by atoms with Crippen LogP contribution in [0.25, 0.3) is 10.9 Å². The lowest BCUT2D eigenvalue weighted by Crippen LogP contribution is -2.38. The number of aromatic nitrogens is 1. The number of hydrogen-bond donors (Lipinski definition) is 1. The van der Waals surface area contributed by atoms with E-state index in [2.05, 4.69) is 48.4 Å². The predicted octanol–water partition coefficient (Wildman–Crippen LogP) is 2.78. The molecule has 1 N–H and O–H groups in total. The molecule has 16 heavy (non-hydrogen) atoms. The van der Waals surface area contributed by atoms with Gasteiger partial charge in [0.15, 0.2) is 0 Å². The molecule has 0 bridgehead atoms. The Morgan fingerprint density at radius 3 is 2.81 bits per heavy atom. The van der Waals surface area contributed by atoms with E-state index < -0.39 is 0 Å². The van der Waals surface area contributed by atoms with Gasteiger partial charge in [0.25, 0.3) is 0 Å². The first-order chi connectivity index (χ1) is 7.61. The Labute approximate surface area is 96.7 Å². The summed E-state index contributed by atoms with van der Waals surface area (Å²) in [5, 5.41) is 4.52. The minimum absolute atomic E-state index is 0.127. The van der Waals surface area contributed by atoms with Crippen molar-refractivity contribution in [2.75, 3.05) is 7.05 Å². The van der Waals surface area contributed by atoms with Crippen LogP contribution in [-0.2, 0) is 6.42 Å². The van der Waals surface area contributed by atoms with Crippen LogP contribution in [0.3, 0.4) is 0 Å². The van der Waals surface area contributed by atoms with Gasteiger partial charge in [0, 0.05) is 17.1 Å². The lowest BCUT2D eigenvalue weighted by molar-refractivity contribution is 0.422. The molecule has 0 saturated heterocycles. The normalized spacial score (nSPS) is 11.9. The number of benzene rings is 1. The first-order valence-corrected chi connectivity index (χ1v) is 5.63. The van der Waals surface area contributed by atoms with Crippen molar-refractivity contribution >= 4 is 10.9 Å². The lowest BCUT2D eigenvalue weighted by atomic mass is 9.94. The van der Waals surface area contributed by atoms with Crippen LogP contribution in [0.2, 0.25) is 0 Å². The molecule has 0 spiro atoms. The number of pyridine rings is 1. The number of fused-ring (bicyclic) bond motifs is 1. The van der Waals surface area contributed by atoms with Crippen LogP contribution in [0.15, 0.2) is 36.5 Å². The smallest absolute Gasteiger partial charge is 0.0704 e. The van der Waals surface area contributed by atoms with Gasteiger partial charge < -0.3 is 5.32 Å². The minimum Gasteiger partial charge on any atom is -0.314 e. The van der Waals surface area contributed by atoms with Crippen LogP contribution in [0.5, 0.6) is 0 Å². The molecular weight excluding hydrogens is 196 g/mol. The van der Waals surface area contributed by atoms with E-state index >= 15 is 0 Å². The van der Waals surface area contributed by atoms with Gasteiger partial charge in [-0.25, -0.2) is 0 Å². The van der Waals surface area contributed by atoms with Gasteiger partial charge in [0.1, 0.15) is 0 Å². The van der Waals surface area contributed by atoms with E-state index in [1.807, 2.05) is 19.3 Å². The highest BCUT2D eigenvalue weighted by molar-refractivity contribution is 5.78. The molecule has 2 nitrogen and oxygen atoms in total. The molecule has 0 amide bonds. The fraction of sp³-hybridized carbons (Fsp3) is 0.357. The van der Waals surface area contributed by atoms with E-state index in [1.54, 1.807) is 0 Å². The Kier molecular flexibility index (Phi) is 2.92. The lowest BCUT2D eigenvalue weighted by Gasteiger charge is -2.24. The average molecular weight is 214 g/mol. The average Bonchev–Trinajstić information content (AvgIpc) is 2.28. The van der Waals surface area contributed by atoms with Crippen molar-refractivity contribution in [1.29, 1.82) is 0 Å². The molecular formula is C14H18N2. The van der Waals surface area contributed by atoms with Crippen molar-refractivity contribution in [1.82, 2.24) is 10.3 Å². The van der Waals surface area contributed by atoms with Gasteiger partial charge in [-0.2, -0.15) is 0 Å². The molecule has 2 rings (SSSR count). The topological polar surface area (TPSA) is 24.9 Å². The molecule has 2 heteroatoms. The molecule has 1 aromatic carbocycles. The molecule has 0 radical (unpaired) electrons. The zero-order valence-electron chi connectivity index (χ0n) is 10.1. The second kappa shape index (κ2) is 4.22. The zero-order valence-corrected chi connectivity index (χ0v) is 10.1. The summed E-state index contributed by atoms with van der Waals surface area (Å²) in [6.07, 6.45) is 2.85. The summed E-state index contributed by atoms with van der Waals surface area (Å²) in [6.45, 7) is 4.41. The Balaban J connectivity index is 2.33. The number of nitrogens with zero attached hydrogens (tertiary/aromatic N) is 1. The highest BCUT2D eigenvalue weighted by atomic mass is 14.9. The highest BCUT2D eigenvalue weighted by Crippen LogP contribution is 2.17. The number of likely N-dealkylation sites (N-methyl/N-ethyl adjacent to an activating group) is 1. The van der Waals surface area contributed by atoms with Gasteiger partial charge >= 0.3 is 0 Å². The van der Waals surface area contributed by atoms with Gasteiger partial charge in [-0.15, -0.1) is 0 Å². The number of hydrogen-bond acceptors (Lipinski definition) is 2. The quantitative estimate of drug-likeness (QED) is 0.849. The van der Waals surface area contributed by atoms with Crippen LogP contribution < -0.4 is 5.32 Å². The van der Waals surface area contributed by atoms with Crippen molar-refractivity contribution in [3.05, 3.63) is 42.1 Å². The maximum absolute atomic E-state index is 4.38. The summed E-state index contributed by atoms with van der Waals surface area (Å²) in [5.41, 5.74) is 2.53. The molecule has 1 aromatic heterocycles. The van der Waals surface area contributed by atoms with Crippen LogP contribution in [-0.4, -0.2) is 17.6 Å². The number of rotatable bonds is 3. The minimum atomic E-state index is 0.127. The second-order valence-electron chi connectivity index (χ2n) is 4.84. The zero-order chi connectivity index (χ0) is 11.6. The Hall–Kier alpha value is -1.41. The maximum Gasteiger partial charge on any atom is 0.0704 e. The monoisotopic (exact) mass is 214 g/mol. The van der Waals surface area contributed by atoms with Crippen molar-refractivity contribution in [2.24, 2.45) is 0 Å². The molecule has 1 heterocycles. The van der Waals surface area contributed by atoms with Crippen molar-refractivity contribution in [3.63, 3.8) is 0 Å². The van der Waals surface area contributed by atoms with Crippen LogP contribution in [0, 0.1) is 0 Å². The molecule has 0 unspecified atom stereocenters. The highest BCUT2D eigenvalue weighted by Gasteiger charge is 2.15. The Morgan fingerprint density at radius 1 is 1.25 bits per heavy atom. The summed E-state index contributed by atoms with van der Waals surface area (Å²) < 4.78 is 0. The Morgan fingerprint density at radius 2 is 2.06 bits per heavy atom. The van der Waals surface area contributed by atoms with Gasteiger partial charge in [-0.05, 0) is 45.0 Å². The molecule has 0 aliphatic carbocycles. The largest absolute Gasteiger partial charge is 0.314 e. The van der Waals surface area contributed by atoms with Gasteiger partial charge in [-0.1, -0.05) is 18.2 Å². The van der Waals surface area contributed by atoms with Crippen LogP contribution >= 0.6 is 0 Å². The first kappa shape index (κ1) is 11.1. The Bertz CT molecular complexity index is 489. The summed E-state index contributed by atoms with van der Waals surface area (Å²) in [7, 11) is 2.00. The standard InChI is InChI=1S/C14H18N2/c1-14(2,15-3)10-11-6-7-12-5-4-8-16-13(12)9-11/h4-9,15H,10H2,1-3H3. The molecule has 0 atom stereocenters. The number of nitrogens with one attached hydrogen (secondary N) is 1. The maximum atomic E-state index is 4.38. The van der Waals surface area contributed by atoms with Gasteiger partial charge in [0.2, 0.25) is 0 Å². The van der Waals surface area contributed by atoms with E-state index in [0.717, 1.165) is 11.9 Å². The summed E-state index contributed by atoms with van der Waals surface area (Å²) >= 11 is 0. The third-order valence-corrected chi connectivity index (χ3v) is 2.99. The van der Waals surface area contributed by atoms with E-state index in [0.29, 0.717) is 0 Å². The van der Waals surface area contributed by atoms with Crippen LogP contribution in [0.4, 0.5) is 0 Å².